The third-order valence-corrected chi connectivity index (χ3v) is 7.44. The van der Waals surface area contributed by atoms with E-state index in [0.717, 1.165) is 47.3 Å². The van der Waals surface area contributed by atoms with Gasteiger partial charge in [-0.1, -0.05) is 37.3 Å². The van der Waals surface area contributed by atoms with Crippen LogP contribution in [0.1, 0.15) is 35.3 Å². The summed E-state index contributed by atoms with van der Waals surface area (Å²) in [5.41, 5.74) is 4.44. The molecule has 0 atom stereocenters. The number of hydrogen-bond acceptors (Lipinski definition) is 5. The Bertz CT molecular complexity index is 1040. The zero-order valence-electron chi connectivity index (χ0n) is 17.4. The number of piperazine rings is 1. The Morgan fingerprint density at radius 1 is 1.10 bits per heavy atom. The Kier molecular flexibility index (Phi) is 5.83. The number of thioether (sulfide) groups is 1. The lowest BCUT2D eigenvalue weighted by atomic mass is 10.1. The largest absolute Gasteiger partial charge is 0.345 e. The van der Waals surface area contributed by atoms with Crippen molar-refractivity contribution in [3.63, 3.8) is 0 Å². The third-order valence-electron chi connectivity index (χ3n) is 5.36. The number of aryl methyl sites for hydroxylation is 2. The first-order chi connectivity index (χ1) is 13.9. The minimum atomic E-state index is 0.131. The molecule has 4 nitrogen and oxygen atoms in total. The van der Waals surface area contributed by atoms with Crippen LogP contribution in [-0.4, -0.2) is 47.2 Å². The van der Waals surface area contributed by atoms with Gasteiger partial charge in [-0.05, 0) is 49.2 Å². The summed E-state index contributed by atoms with van der Waals surface area (Å²) in [6.07, 6.45) is 0. The molecule has 3 aromatic rings. The molecule has 1 aromatic heterocycles. The van der Waals surface area contributed by atoms with Gasteiger partial charge in [-0.3, -0.25) is 4.79 Å². The van der Waals surface area contributed by atoms with Gasteiger partial charge >= 0.3 is 0 Å². The smallest absolute Gasteiger partial charge is 0.254 e. The highest BCUT2D eigenvalue weighted by molar-refractivity contribution is 7.99. The Morgan fingerprint density at radius 2 is 1.86 bits per heavy atom. The van der Waals surface area contributed by atoms with E-state index in [4.69, 9.17) is 4.98 Å². The maximum Gasteiger partial charge on any atom is 0.254 e. The Hall–Kier alpha value is -2.05. The van der Waals surface area contributed by atoms with Crippen molar-refractivity contribution in [2.24, 2.45) is 0 Å². The molecule has 1 saturated heterocycles. The van der Waals surface area contributed by atoms with Crippen molar-refractivity contribution in [2.45, 2.75) is 37.8 Å². The molecule has 1 aliphatic heterocycles. The molecule has 152 valence electrons. The van der Waals surface area contributed by atoms with Crippen molar-refractivity contribution in [3.8, 4) is 0 Å². The number of nitrogens with zero attached hydrogens (tertiary/aromatic N) is 3. The van der Waals surface area contributed by atoms with Crippen LogP contribution in [0.4, 0.5) is 5.13 Å². The molecular formula is C23H27N3OS2. The molecule has 4 rings (SSSR count). The Balaban J connectivity index is 1.44. The van der Waals surface area contributed by atoms with Crippen LogP contribution >= 0.6 is 23.1 Å². The minimum absolute atomic E-state index is 0.131. The summed E-state index contributed by atoms with van der Waals surface area (Å²) >= 11 is 3.54. The summed E-state index contributed by atoms with van der Waals surface area (Å²) in [4.78, 5) is 23.3. The summed E-state index contributed by atoms with van der Waals surface area (Å²) in [7, 11) is 0. The number of fused-ring (bicyclic) bond motifs is 1. The van der Waals surface area contributed by atoms with Crippen molar-refractivity contribution in [1.82, 2.24) is 9.88 Å². The lowest BCUT2D eigenvalue weighted by Crippen LogP contribution is -2.48. The van der Waals surface area contributed by atoms with Gasteiger partial charge in [0, 0.05) is 41.9 Å². The molecule has 29 heavy (non-hydrogen) atoms. The Labute approximate surface area is 180 Å². The van der Waals surface area contributed by atoms with Gasteiger partial charge in [0.05, 0.1) is 10.2 Å². The van der Waals surface area contributed by atoms with Gasteiger partial charge in [-0.15, -0.1) is 11.8 Å². The van der Waals surface area contributed by atoms with Crippen LogP contribution in [-0.2, 0) is 0 Å². The molecular weight excluding hydrogens is 398 g/mol. The maximum absolute atomic E-state index is 13.0. The molecule has 1 fully saturated rings. The van der Waals surface area contributed by atoms with Gasteiger partial charge in [0.25, 0.3) is 5.91 Å². The van der Waals surface area contributed by atoms with Crippen LogP contribution in [0, 0.1) is 13.8 Å². The van der Waals surface area contributed by atoms with E-state index in [2.05, 4.69) is 50.8 Å². The fraction of sp³-hybridized carbons (Fsp3) is 0.391. The molecule has 0 N–H and O–H groups in total. The molecule has 2 heterocycles. The zero-order chi connectivity index (χ0) is 20.5. The fourth-order valence-electron chi connectivity index (χ4n) is 3.61. The first kappa shape index (κ1) is 20.2. The molecule has 0 unspecified atom stereocenters. The van der Waals surface area contributed by atoms with Crippen molar-refractivity contribution >= 4 is 44.4 Å². The van der Waals surface area contributed by atoms with Crippen molar-refractivity contribution in [1.29, 1.82) is 0 Å². The highest BCUT2D eigenvalue weighted by Gasteiger charge is 2.24. The summed E-state index contributed by atoms with van der Waals surface area (Å²) in [5, 5.41) is 1.57. The average molecular weight is 426 g/mol. The number of anilines is 1. The van der Waals surface area contributed by atoms with Crippen LogP contribution in [0.15, 0.2) is 41.3 Å². The van der Waals surface area contributed by atoms with Gasteiger partial charge in [0.15, 0.2) is 5.13 Å². The first-order valence-electron chi connectivity index (χ1n) is 10.1. The van der Waals surface area contributed by atoms with Gasteiger partial charge in [-0.2, -0.15) is 0 Å². The normalized spacial score (nSPS) is 14.8. The average Bonchev–Trinajstić information content (AvgIpc) is 3.15. The van der Waals surface area contributed by atoms with E-state index in [1.807, 2.05) is 23.1 Å². The van der Waals surface area contributed by atoms with Crippen molar-refractivity contribution in [3.05, 3.63) is 53.1 Å². The number of benzene rings is 2. The predicted molar refractivity (Wildman–Crippen MR) is 125 cm³/mol. The molecule has 1 amide bonds. The van der Waals surface area contributed by atoms with Crippen molar-refractivity contribution < 1.29 is 4.79 Å². The quantitative estimate of drug-likeness (QED) is 0.526. The van der Waals surface area contributed by atoms with Crippen LogP contribution in [0.2, 0.25) is 0 Å². The van der Waals surface area contributed by atoms with Crippen LogP contribution in [0.3, 0.4) is 0 Å². The van der Waals surface area contributed by atoms with Crippen molar-refractivity contribution in [2.75, 3.05) is 31.1 Å². The van der Waals surface area contributed by atoms with Gasteiger partial charge < -0.3 is 9.80 Å². The van der Waals surface area contributed by atoms with E-state index < -0.39 is 0 Å². The van der Waals surface area contributed by atoms with Gasteiger partial charge in [0.1, 0.15) is 0 Å². The minimum Gasteiger partial charge on any atom is -0.345 e. The monoisotopic (exact) mass is 425 g/mol. The summed E-state index contributed by atoms with van der Waals surface area (Å²) < 4.78 is 1.24. The van der Waals surface area contributed by atoms with E-state index >= 15 is 0 Å². The number of rotatable bonds is 4. The highest BCUT2D eigenvalue weighted by Crippen LogP contribution is 2.32. The van der Waals surface area contributed by atoms with E-state index in [9.17, 15) is 4.79 Å². The van der Waals surface area contributed by atoms with E-state index in [-0.39, 0.29) is 5.91 Å². The van der Waals surface area contributed by atoms with E-state index in [1.165, 1.54) is 15.8 Å². The SMILES string of the molecule is Cc1ccc2sc(N3CCN(C(=O)c4cccc(SC(C)C)c4)CC3)nc2c1C. The molecule has 0 bridgehead atoms. The Morgan fingerprint density at radius 3 is 2.59 bits per heavy atom. The molecule has 2 aromatic carbocycles. The third kappa shape index (κ3) is 4.28. The number of carbonyl (C=O) groups excluding carboxylic acids is 1. The second-order valence-electron chi connectivity index (χ2n) is 7.82. The second-order valence-corrected chi connectivity index (χ2v) is 10.5. The van der Waals surface area contributed by atoms with Crippen LogP contribution < -0.4 is 4.90 Å². The molecule has 0 saturated carbocycles. The van der Waals surface area contributed by atoms with Gasteiger partial charge in [-0.25, -0.2) is 4.98 Å². The number of aromatic nitrogens is 1. The lowest BCUT2D eigenvalue weighted by Gasteiger charge is -2.34. The standard InChI is InChI=1S/C23H27N3OS2/c1-15(2)28-19-7-5-6-18(14-19)22(27)25-10-12-26(13-11-25)23-24-21-17(4)16(3)8-9-20(21)29-23/h5-9,14-15H,10-13H2,1-4H3. The number of hydrogen-bond donors (Lipinski definition) is 0. The van der Waals surface area contributed by atoms with Gasteiger partial charge in [0.2, 0.25) is 0 Å². The van der Waals surface area contributed by atoms with E-state index in [0.29, 0.717) is 5.25 Å². The molecule has 6 heteroatoms. The molecule has 0 spiro atoms. The first-order valence-corrected chi connectivity index (χ1v) is 11.8. The topological polar surface area (TPSA) is 36.4 Å². The summed E-state index contributed by atoms with van der Waals surface area (Å²) in [6, 6.07) is 12.4. The maximum atomic E-state index is 13.0. The molecule has 0 radical (unpaired) electrons. The van der Waals surface area contributed by atoms with Crippen LogP contribution in [0.25, 0.3) is 10.2 Å². The van der Waals surface area contributed by atoms with Crippen LogP contribution in [0.5, 0.6) is 0 Å². The number of amides is 1. The lowest BCUT2D eigenvalue weighted by molar-refractivity contribution is 0.0746. The number of carbonyl (C=O) groups is 1. The predicted octanol–water partition coefficient (Wildman–Crippen LogP) is 5.38. The fourth-order valence-corrected chi connectivity index (χ4v) is 5.58. The van der Waals surface area contributed by atoms with E-state index in [1.54, 1.807) is 23.1 Å². The summed E-state index contributed by atoms with van der Waals surface area (Å²) in [5.74, 6) is 0.131. The molecule has 1 aliphatic rings. The second kappa shape index (κ2) is 8.36. The zero-order valence-corrected chi connectivity index (χ0v) is 19.1. The highest BCUT2D eigenvalue weighted by atomic mass is 32.2. The molecule has 0 aliphatic carbocycles. The summed E-state index contributed by atoms with van der Waals surface area (Å²) in [6.45, 7) is 11.7. The number of thiazole rings is 1.